The summed E-state index contributed by atoms with van der Waals surface area (Å²) in [5.41, 5.74) is 1.37. The molecule has 3 heterocycles. The first-order chi connectivity index (χ1) is 10.1. The van der Waals surface area contributed by atoms with Crippen molar-refractivity contribution in [2.45, 2.75) is 11.1 Å². The molecular weight excluding hydrogens is 308 g/mol. The average Bonchev–Trinajstić information content (AvgIpc) is 3.17. The summed E-state index contributed by atoms with van der Waals surface area (Å²) in [6, 6.07) is 5.18. The highest BCUT2D eigenvalue weighted by atomic mass is 32.2. The van der Waals surface area contributed by atoms with Gasteiger partial charge in [0.25, 0.3) is 0 Å². The minimum Gasteiger partial charge on any atom is -0.261 e. The number of rotatable bonds is 4. The molecule has 3 rings (SSSR count). The van der Waals surface area contributed by atoms with E-state index in [4.69, 9.17) is 0 Å². The number of nitrogens with zero attached hydrogens (tertiary/aromatic N) is 4. The van der Waals surface area contributed by atoms with Crippen LogP contribution >= 0.6 is 11.3 Å². The van der Waals surface area contributed by atoms with Gasteiger partial charge in [-0.25, -0.2) is 13.1 Å². The molecule has 108 valence electrons. The van der Waals surface area contributed by atoms with Crippen molar-refractivity contribution in [1.82, 2.24) is 19.7 Å². The van der Waals surface area contributed by atoms with Crippen LogP contribution in [0, 0.1) is 0 Å². The fraction of sp³-hybridized carbons (Fsp3) is 0.154. The Morgan fingerprint density at radius 3 is 2.76 bits per heavy atom. The van der Waals surface area contributed by atoms with Crippen LogP contribution < -0.4 is 0 Å². The molecule has 0 radical (unpaired) electrons. The van der Waals surface area contributed by atoms with Crippen LogP contribution in [0.4, 0.5) is 0 Å². The summed E-state index contributed by atoms with van der Waals surface area (Å²) in [7, 11) is -3.18. The van der Waals surface area contributed by atoms with Crippen molar-refractivity contribution in [1.29, 1.82) is 0 Å². The molecule has 0 aromatic carbocycles. The highest BCUT2D eigenvalue weighted by Gasteiger charge is 2.15. The fourth-order valence-corrected chi connectivity index (χ4v) is 4.11. The Morgan fingerprint density at radius 2 is 2.05 bits per heavy atom. The molecule has 0 N–H and O–H groups in total. The first-order valence-corrected chi connectivity index (χ1v) is 8.72. The summed E-state index contributed by atoms with van der Waals surface area (Å²) >= 11 is 1.20. The second-order valence-corrected chi connectivity index (χ2v) is 7.80. The zero-order valence-corrected chi connectivity index (χ0v) is 12.8. The van der Waals surface area contributed by atoms with Crippen LogP contribution in [0.15, 0.2) is 47.2 Å². The minimum atomic E-state index is -3.18. The van der Waals surface area contributed by atoms with Gasteiger partial charge in [0.05, 0.1) is 11.9 Å². The second kappa shape index (κ2) is 5.38. The Labute approximate surface area is 126 Å². The summed E-state index contributed by atoms with van der Waals surface area (Å²) in [6.45, 7) is 1.63. The summed E-state index contributed by atoms with van der Waals surface area (Å²) in [4.78, 5) is 8.18. The van der Waals surface area contributed by atoms with Gasteiger partial charge in [0.15, 0.2) is 9.84 Å². The van der Waals surface area contributed by atoms with E-state index in [1.807, 2.05) is 6.07 Å². The van der Waals surface area contributed by atoms with Crippen LogP contribution in [0.5, 0.6) is 0 Å². The zero-order valence-electron chi connectivity index (χ0n) is 11.2. The van der Waals surface area contributed by atoms with E-state index in [0.29, 0.717) is 15.6 Å². The van der Waals surface area contributed by atoms with E-state index in [9.17, 15) is 8.42 Å². The molecule has 6 nitrogen and oxygen atoms in total. The minimum absolute atomic E-state index is 0.0942. The van der Waals surface area contributed by atoms with Crippen LogP contribution in [0.25, 0.3) is 16.4 Å². The van der Waals surface area contributed by atoms with E-state index < -0.39 is 9.84 Å². The summed E-state index contributed by atoms with van der Waals surface area (Å²) in [5, 5.41) is 5.15. The maximum atomic E-state index is 11.8. The van der Waals surface area contributed by atoms with Crippen molar-refractivity contribution >= 4 is 21.2 Å². The van der Waals surface area contributed by atoms with Gasteiger partial charge in [0.1, 0.15) is 20.6 Å². The van der Waals surface area contributed by atoms with E-state index in [0.717, 1.165) is 5.00 Å². The molecule has 21 heavy (non-hydrogen) atoms. The van der Waals surface area contributed by atoms with Crippen molar-refractivity contribution in [3.8, 4) is 16.4 Å². The zero-order chi connectivity index (χ0) is 14.9. The first kappa shape index (κ1) is 13.9. The smallest absolute Gasteiger partial charge is 0.187 e. The van der Waals surface area contributed by atoms with Crippen molar-refractivity contribution in [3.63, 3.8) is 0 Å². The van der Waals surface area contributed by atoms with E-state index in [1.54, 1.807) is 48.5 Å². The largest absolute Gasteiger partial charge is 0.261 e. The standard InChI is InChI=1S/C13H12N4O2S2/c1-2-21(18,19)13-4-3-12(20-13)17-8-5-10(16-17)11-9-14-6-7-15-11/h3-9H,2H2,1H3. The third-order valence-electron chi connectivity index (χ3n) is 2.89. The summed E-state index contributed by atoms with van der Waals surface area (Å²) < 4.78 is 25.7. The number of hydrogen-bond donors (Lipinski definition) is 0. The molecule has 0 aliphatic rings. The topological polar surface area (TPSA) is 77.7 Å². The van der Waals surface area contributed by atoms with Crippen molar-refractivity contribution in [2.75, 3.05) is 5.75 Å². The van der Waals surface area contributed by atoms with Gasteiger partial charge >= 0.3 is 0 Å². The molecule has 0 fully saturated rings. The molecule has 0 aliphatic carbocycles. The van der Waals surface area contributed by atoms with E-state index in [2.05, 4.69) is 15.1 Å². The van der Waals surface area contributed by atoms with E-state index in [-0.39, 0.29) is 5.75 Å². The van der Waals surface area contributed by atoms with Gasteiger partial charge in [-0.2, -0.15) is 5.10 Å². The Hall–Kier alpha value is -2.06. The predicted molar refractivity (Wildman–Crippen MR) is 80.2 cm³/mol. The van der Waals surface area contributed by atoms with Crippen LogP contribution in [-0.4, -0.2) is 33.9 Å². The normalized spacial score (nSPS) is 11.7. The number of sulfone groups is 1. The molecule has 3 aromatic rings. The Kier molecular flexibility index (Phi) is 3.56. The van der Waals surface area contributed by atoms with Gasteiger partial charge in [-0.1, -0.05) is 6.92 Å². The maximum Gasteiger partial charge on any atom is 0.187 e. The molecule has 8 heteroatoms. The second-order valence-electron chi connectivity index (χ2n) is 4.23. The third-order valence-corrected chi connectivity index (χ3v) is 6.28. The van der Waals surface area contributed by atoms with Gasteiger partial charge in [0, 0.05) is 18.6 Å². The Balaban J connectivity index is 1.94. The Morgan fingerprint density at radius 1 is 1.19 bits per heavy atom. The van der Waals surface area contributed by atoms with Crippen LogP contribution in [0.3, 0.4) is 0 Å². The fourth-order valence-electron chi connectivity index (χ4n) is 1.76. The van der Waals surface area contributed by atoms with Gasteiger partial charge in [-0.15, -0.1) is 11.3 Å². The van der Waals surface area contributed by atoms with Gasteiger partial charge in [-0.3, -0.25) is 9.97 Å². The van der Waals surface area contributed by atoms with Crippen LogP contribution in [-0.2, 0) is 9.84 Å². The molecule has 0 bridgehead atoms. The maximum absolute atomic E-state index is 11.8. The molecular formula is C13H12N4O2S2. The lowest BCUT2D eigenvalue weighted by Crippen LogP contribution is -2.00. The number of aromatic nitrogens is 4. The van der Waals surface area contributed by atoms with E-state index in [1.165, 1.54) is 11.3 Å². The average molecular weight is 320 g/mol. The lowest BCUT2D eigenvalue weighted by molar-refractivity contribution is 0.599. The van der Waals surface area contributed by atoms with Crippen LogP contribution in [0.1, 0.15) is 6.92 Å². The summed E-state index contributed by atoms with van der Waals surface area (Å²) in [6.07, 6.45) is 6.61. The van der Waals surface area contributed by atoms with Crippen molar-refractivity contribution < 1.29 is 8.42 Å². The lowest BCUT2D eigenvalue weighted by atomic mass is 10.3. The highest BCUT2D eigenvalue weighted by Crippen LogP contribution is 2.26. The van der Waals surface area contributed by atoms with Crippen LogP contribution in [0.2, 0.25) is 0 Å². The number of thiophene rings is 1. The van der Waals surface area contributed by atoms with Gasteiger partial charge < -0.3 is 0 Å². The lowest BCUT2D eigenvalue weighted by Gasteiger charge is -1.97. The molecule has 0 spiro atoms. The molecule has 0 saturated carbocycles. The van der Waals surface area contributed by atoms with Crippen molar-refractivity contribution in [3.05, 3.63) is 43.0 Å². The monoisotopic (exact) mass is 320 g/mol. The molecule has 0 unspecified atom stereocenters. The molecule has 0 amide bonds. The molecule has 3 aromatic heterocycles. The number of hydrogen-bond acceptors (Lipinski definition) is 6. The van der Waals surface area contributed by atoms with Gasteiger partial charge in [-0.05, 0) is 18.2 Å². The quantitative estimate of drug-likeness (QED) is 0.736. The van der Waals surface area contributed by atoms with Crippen molar-refractivity contribution in [2.24, 2.45) is 0 Å². The Bertz CT molecular complexity index is 853. The molecule has 0 saturated heterocycles. The van der Waals surface area contributed by atoms with E-state index >= 15 is 0 Å². The first-order valence-electron chi connectivity index (χ1n) is 6.25. The summed E-state index contributed by atoms with van der Waals surface area (Å²) in [5.74, 6) is 0.0942. The molecule has 0 atom stereocenters. The SMILES string of the molecule is CCS(=O)(=O)c1ccc(-n2ccc(-c3cnccn3)n2)s1. The third kappa shape index (κ3) is 2.72. The van der Waals surface area contributed by atoms with Gasteiger partial charge in [0.2, 0.25) is 0 Å². The highest BCUT2D eigenvalue weighted by molar-refractivity contribution is 7.93. The molecule has 0 aliphatic heterocycles. The predicted octanol–water partition coefficient (Wildman–Crippen LogP) is 2.18.